The molecule has 2 aliphatic rings. The molecule has 3 rings (SSSR count). The van der Waals surface area contributed by atoms with E-state index in [1.54, 1.807) is 0 Å². The summed E-state index contributed by atoms with van der Waals surface area (Å²) in [5, 5.41) is 0. The highest BCUT2D eigenvalue weighted by molar-refractivity contribution is 5.50. The Labute approximate surface area is 96.3 Å². The van der Waals surface area contributed by atoms with Gasteiger partial charge in [0.25, 0.3) is 0 Å². The van der Waals surface area contributed by atoms with Crippen molar-refractivity contribution in [2.45, 2.75) is 44.8 Å². The third kappa shape index (κ3) is 1.90. The summed E-state index contributed by atoms with van der Waals surface area (Å²) in [6.45, 7) is 2.25. The van der Waals surface area contributed by atoms with E-state index in [2.05, 4.69) is 23.1 Å². The predicted octanol–water partition coefficient (Wildman–Crippen LogP) is 2.30. The van der Waals surface area contributed by atoms with E-state index in [1.165, 1.54) is 29.5 Å². The predicted molar refractivity (Wildman–Crippen MR) is 63.1 cm³/mol. The van der Waals surface area contributed by atoms with E-state index in [4.69, 9.17) is 0 Å². The van der Waals surface area contributed by atoms with Crippen molar-refractivity contribution in [3.05, 3.63) is 34.9 Å². The van der Waals surface area contributed by atoms with E-state index in [-0.39, 0.29) is 0 Å². The topological polar surface area (TPSA) is 20.3 Å². The van der Waals surface area contributed by atoms with Crippen molar-refractivity contribution in [1.29, 1.82) is 0 Å². The highest BCUT2D eigenvalue weighted by Gasteiger charge is 2.32. The molecule has 1 aromatic carbocycles. The summed E-state index contributed by atoms with van der Waals surface area (Å²) in [5.74, 6) is 0. The number of carbonyl (C=O) groups excluding carboxylic acids is 1. The molecule has 0 atom stereocenters. The molecule has 0 spiro atoms. The third-order valence-corrected chi connectivity index (χ3v) is 3.63. The number of hydrogen-bond donors (Lipinski definition) is 0. The summed E-state index contributed by atoms with van der Waals surface area (Å²) < 4.78 is 0. The van der Waals surface area contributed by atoms with Crippen molar-refractivity contribution in [3.8, 4) is 0 Å². The molecule has 16 heavy (non-hydrogen) atoms. The van der Waals surface area contributed by atoms with Gasteiger partial charge in [-0.3, -0.25) is 4.90 Å². The zero-order chi connectivity index (χ0) is 11.0. The van der Waals surface area contributed by atoms with Crippen LogP contribution in [-0.4, -0.2) is 17.2 Å². The fourth-order valence-electron chi connectivity index (χ4n) is 2.55. The lowest BCUT2D eigenvalue weighted by Gasteiger charge is -2.11. The van der Waals surface area contributed by atoms with Crippen molar-refractivity contribution in [2.24, 2.45) is 0 Å². The minimum Gasteiger partial charge on any atom is -0.303 e. The lowest BCUT2D eigenvalue weighted by molar-refractivity contribution is -0.107. The molecule has 2 heteroatoms. The van der Waals surface area contributed by atoms with Gasteiger partial charge in [-0.2, -0.15) is 0 Å². The molecule has 1 heterocycles. The molecule has 0 saturated heterocycles. The fourth-order valence-corrected chi connectivity index (χ4v) is 2.55. The largest absolute Gasteiger partial charge is 0.303 e. The van der Waals surface area contributed by atoms with Gasteiger partial charge in [-0.1, -0.05) is 18.2 Å². The second kappa shape index (κ2) is 4.02. The summed E-state index contributed by atoms with van der Waals surface area (Å²) in [6, 6.07) is 7.57. The molecule has 0 unspecified atom stereocenters. The number of aryl methyl sites for hydroxylation is 1. The number of carbonyl (C=O) groups is 1. The minimum atomic E-state index is 0.644. The summed E-state index contributed by atoms with van der Waals surface area (Å²) in [6.07, 6.45) is 5.30. The van der Waals surface area contributed by atoms with Crippen molar-refractivity contribution in [2.75, 3.05) is 0 Å². The Balaban J connectivity index is 1.74. The first-order valence-corrected chi connectivity index (χ1v) is 6.15. The molecule has 0 radical (unpaired) electrons. The van der Waals surface area contributed by atoms with E-state index >= 15 is 0 Å². The van der Waals surface area contributed by atoms with Crippen LogP contribution in [0.3, 0.4) is 0 Å². The van der Waals surface area contributed by atoms with Crippen LogP contribution in [0.2, 0.25) is 0 Å². The van der Waals surface area contributed by atoms with Crippen LogP contribution in [0, 0.1) is 0 Å². The van der Waals surface area contributed by atoms with E-state index in [1.807, 2.05) is 0 Å². The molecule has 0 N–H and O–H groups in total. The average Bonchev–Trinajstić information content (AvgIpc) is 3.06. The monoisotopic (exact) mass is 215 g/mol. The van der Waals surface area contributed by atoms with Crippen molar-refractivity contribution < 1.29 is 4.79 Å². The SMILES string of the molecule is O=CCCc1ccc2c(c1)CN(C1CC1)C2. The summed E-state index contributed by atoms with van der Waals surface area (Å²) in [5.41, 5.74) is 4.28. The molecular formula is C14H17NO. The van der Waals surface area contributed by atoms with Crippen molar-refractivity contribution in [1.82, 2.24) is 4.90 Å². The minimum absolute atomic E-state index is 0.644. The summed E-state index contributed by atoms with van der Waals surface area (Å²) >= 11 is 0. The Bertz CT molecular complexity index is 409. The first kappa shape index (κ1) is 10.0. The van der Waals surface area contributed by atoms with Gasteiger partial charge in [-0.25, -0.2) is 0 Å². The molecule has 1 aromatic rings. The molecule has 1 fully saturated rings. The maximum absolute atomic E-state index is 10.4. The first-order chi connectivity index (χ1) is 7.86. The number of rotatable bonds is 4. The van der Waals surface area contributed by atoms with Crippen molar-refractivity contribution in [3.63, 3.8) is 0 Å². The van der Waals surface area contributed by atoms with Crippen LogP contribution in [0.15, 0.2) is 18.2 Å². The van der Waals surface area contributed by atoms with Crippen LogP contribution in [0.25, 0.3) is 0 Å². The van der Waals surface area contributed by atoms with Crippen LogP contribution in [0.1, 0.15) is 36.0 Å². The van der Waals surface area contributed by atoms with Gasteiger partial charge in [0, 0.05) is 25.6 Å². The third-order valence-electron chi connectivity index (χ3n) is 3.63. The fraction of sp³-hybridized carbons (Fsp3) is 0.500. The molecular weight excluding hydrogens is 198 g/mol. The Kier molecular flexibility index (Phi) is 2.52. The van der Waals surface area contributed by atoms with E-state index in [0.717, 1.165) is 31.8 Å². The Hall–Kier alpha value is -1.15. The average molecular weight is 215 g/mol. The molecule has 84 valence electrons. The van der Waals surface area contributed by atoms with Gasteiger partial charge < -0.3 is 4.79 Å². The number of fused-ring (bicyclic) bond motifs is 1. The molecule has 0 amide bonds. The Morgan fingerprint density at radius 1 is 1.25 bits per heavy atom. The lowest BCUT2D eigenvalue weighted by atomic mass is 10.0. The highest BCUT2D eigenvalue weighted by Crippen LogP contribution is 2.34. The van der Waals surface area contributed by atoms with Crippen LogP contribution >= 0.6 is 0 Å². The van der Waals surface area contributed by atoms with Gasteiger partial charge >= 0.3 is 0 Å². The zero-order valence-corrected chi connectivity index (χ0v) is 9.48. The normalized spacial score (nSPS) is 19.8. The van der Waals surface area contributed by atoms with Crippen LogP contribution in [-0.2, 0) is 24.3 Å². The smallest absolute Gasteiger partial charge is 0.120 e. The number of nitrogens with zero attached hydrogens (tertiary/aromatic N) is 1. The van der Waals surface area contributed by atoms with E-state index in [0.29, 0.717) is 6.42 Å². The second-order valence-corrected chi connectivity index (χ2v) is 4.94. The van der Waals surface area contributed by atoms with Gasteiger partial charge in [-0.15, -0.1) is 0 Å². The standard InChI is InChI=1S/C14H17NO/c16-7-1-2-11-3-4-12-9-15(14-5-6-14)10-13(12)8-11/h3-4,7-8,14H,1-2,5-6,9-10H2. The van der Waals surface area contributed by atoms with Crippen LogP contribution in [0.5, 0.6) is 0 Å². The molecule has 2 nitrogen and oxygen atoms in total. The molecule has 0 aromatic heterocycles. The second-order valence-electron chi connectivity index (χ2n) is 4.94. The Morgan fingerprint density at radius 3 is 2.81 bits per heavy atom. The Morgan fingerprint density at radius 2 is 2.06 bits per heavy atom. The first-order valence-electron chi connectivity index (χ1n) is 6.15. The van der Waals surface area contributed by atoms with Gasteiger partial charge in [0.05, 0.1) is 0 Å². The van der Waals surface area contributed by atoms with Gasteiger partial charge in [0.15, 0.2) is 0 Å². The van der Waals surface area contributed by atoms with Crippen LogP contribution < -0.4 is 0 Å². The number of aldehydes is 1. The van der Waals surface area contributed by atoms with Gasteiger partial charge in [0.2, 0.25) is 0 Å². The number of benzene rings is 1. The maximum atomic E-state index is 10.4. The maximum Gasteiger partial charge on any atom is 0.120 e. The van der Waals surface area contributed by atoms with Gasteiger partial charge in [0.1, 0.15) is 6.29 Å². The highest BCUT2D eigenvalue weighted by atomic mass is 16.1. The lowest BCUT2D eigenvalue weighted by Crippen LogP contribution is -2.18. The van der Waals surface area contributed by atoms with Crippen LogP contribution in [0.4, 0.5) is 0 Å². The number of hydrogen-bond acceptors (Lipinski definition) is 2. The van der Waals surface area contributed by atoms with E-state index in [9.17, 15) is 4.79 Å². The molecule has 1 saturated carbocycles. The quantitative estimate of drug-likeness (QED) is 0.718. The summed E-state index contributed by atoms with van der Waals surface area (Å²) in [4.78, 5) is 12.9. The van der Waals surface area contributed by atoms with Crippen molar-refractivity contribution >= 4 is 6.29 Å². The van der Waals surface area contributed by atoms with Gasteiger partial charge in [-0.05, 0) is 36.0 Å². The molecule has 0 bridgehead atoms. The van der Waals surface area contributed by atoms with E-state index < -0.39 is 0 Å². The zero-order valence-electron chi connectivity index (χ0n) is 9.48. The summed E-state index contributed by atoms with van der Waals surface area (Å²) in [7, 11) is 0. The molecule has 1 aliphatic heterocycles. The molecule has 1 aliphatic carbocycles.